The monoisotopic (exact) mass is 363 g/mol. The fraction of sp³-hybridized carbons (Fsp3) is 0.381. The van der Waals surface area contributed by atoms with Gasteiger partial charge in [0.25, 0.3) is 0 Å². The highest BCUT2D eigenvalue weighted by atomic mass is 16.1. The number of benzene rings is 1. The van der Waals surface area contributed by atoms with Crippen molar-refractivity contribution >= 4 is 11.6 Å². The number of nitrogens with one attached hydrogen (secondary N) is 1. The fourth-order valence-electron chi connectivity index (χ4n) is 4.09. The minimum atomic E-state index is -0.0845. The molecule has 6 nitrogen and oxygen atoms in total. The number of carbonyl (C=O) groups is 1. The van der Waals surface area contributed by atoms with Gasteiger partial charge in [0.1, 0.15) is 12.7 Å². The first-order chi connectivity index (χ1) is 13.2. The Kier molecular flexibility index (Phi) is 5.05. The van der Waals surface area contributed by atoms with E-state index in [4.69, 9.17) is 0 Å². The molecular formula is C21H25N5O. The third-order valence-corrected chi connectivity index (χ3v) is 5.47. The van der Waals surface area contributed by atoms with Crippen molar-refractivity contribution in [2.24, 2.45) is 0 Å². The molecule has 6 heteroatoms. The Morgan fingerprint density at radius 3 is 2.48 bits per heavy atom. The molecule has 1 amide bonds. The van der Waals surface area contributed by atoms with E-state index < -0.39 is 0 Å². The molecular weight excluding hydrogens is 338 g/mol. The van der Waals surface area contributed by atoms with Crippen LogP contribution in [0.2, 0.25) is 0 Å². The van der Waals surface area contributed by atoms with Crippen molar-refractivity contribution in [1.29, 1.82) is 0 Å². The SMILES string of the molecule is O=C(CC1(n2cccc2)CCCCC1)Nc1ccc(Cn2cncn2)cc1. The molecule has 140 valence electrons. The van der Waals surface area contributed by atoms with Gasteiger partial charge in [-0.25, -0.2) is 9.67 Å². The molecule has 1 N–H and O–H groups in total. The molecule has 1 aromatic carbocycles. The largest absolute Gasteiger partial charge is 0.348 e. The Balaban J connectivity index is 1.40. The molecule has 2 heterocycles. The summed E-state index contributed by atoms with van der Waals surface area (Å²) in [7, 11) is 0. The lowest BCUT2D eigenvalue weighted by atomic mass is 9.78. The summed E-state index contributed by atoms with van der Waals surface area (Å²) in [5.41, 5.74) is 1.87. The predicted octanol–water partition coefficient (Wildman–Crippen LogP) is 3.82. The van der Waals surface area contributed by atoms with E-state index in [1.54, 1.807) is 11.0 Å². The van der Waals surface area contributed by atoms with E-state index in [0.29, 0.717) is 13.0 Å². The van der Waals surface area contributed by atoms with Crippen LogP contribution < -0.4 is 5.32 Å². The maximum absolute atomic E-state index is 12.8. The average molecular weight is 363 g/mol. The number of nitrogens with zero attached hydrogens (tertiary/aromatic N) is 4. The maximum Gasteiger partial charge on any atom is 0.226 e. The number of hydrogen-bond acceptors (Lipinski definition) is 3. The number of hydrogen-bond donors (Lipinski definition) is 1. The molecule has 27 heavy (non-hydrogen) atoms. The van der Waals surface area contributed by atoms with E-state index in [-0.39, 0.29) is 11.4 Å². The number of rotatable bonds is 6. The van der Waals surface area contributed by atoms with E-state index >= 15 is 0 Å². The van der Waals surface area contributed by atoms with Crippen LogP contribution in [-0.2, 0) is 16.9 Å². The maximum atomic E-state index is 12.8. The molecule has 0 aliphatic heterocycles. The zero-order valence-electron chi connectivity index (χ0n) is 15.4. The molecule has 4 rings (SSSR count). The molecule has 0 saturated heterocycles. The Labute approximate surface area is 159 Å². The second kappa shape index (κ2) is 7.78. The highest BCUT2D eigenvalue weighted by Crippen LogP contribution is 2.38. The van der Waals surface area contributed by atoms with Gasteiger partial charge >= 0.3 is 0 Å². The van der Waals surface area contributed by atoms with Gasteiger partial charge in [0.2, 0.25) is 5.91 Å². The molecule has 0 atom stereocenters. The summed E-state index contributed by atoms with van der Waals surface area (Å²) in [6.07, 6.45) is 13.7. The van der Waals surface area contributed by atoms with Crippen molar-refractivity contribution in [1.82, 2.24) is 19.3 Å². The van der Waals surface area contributed by atoms with Crippen LogP contribution in [0.3, 0.4) is 0 Å². The lowest BCUT2D eigenvalue weighted by Crippen LogP contribution is -2.38. The number of carbonyl (C=O) groups excluding carboxylic acids is 1. The van der Waals surface area contributed by atoms with E-state index in [1.807, 2.05) is 36.4 Å². The highest BCUT2D eigenvalue weighted by molar-refractivity contribution is 5.91. The first-order valence-corrected chi connectivity index (χ1v) is 9.58. The van der Waals surface area contributed by atoms with Gasteiger partial charge in [-0.1, -0.05) is 31.4 Å². The third kappa shape index (κ3) is 4.10. The molecule has 2 aromatic heterocycles. The fourth-order valence-corrected chi connectivity index (χ4v) is 4.09. The first-order valence-electron chi connectivity index (χ1n) is 9.58. The van der Waals surface area contributed by atoms with Crippen molar-refractivity contribution in [3.8, 4) is 0 Å². The summed E-state index contributed by atoms with van der Waals surface area (Å²) >= 11 is 0. The van der Waals surface area contributed by atoms with Crippen LogP contribution in [0, 0.1) is 0 Å². The Morgan fingerprint density at radius 2 is 1.81 bits per heavy atom. The molecule has 1 fully saturated rings. The lowest BCUT2D eigenvalue weighted by Gasteiger charge is -2.38. The minimum Gasteiger partial charge on any atom is -0.348 e. The van der Waals surface area contributed by atoms with Gasteiger partial charge in [-0.3, -0.25) is 4.79 Å². The molecule has 0 unspecified atom stereocenters. The van der Waals surface area contributed by atoms with Crippen molar-refractivity contribution in [3.05, 3.63) is 67.0 Å². The lowest BCUT2D eigenvalue weighted by molar-refractivity contribution is -0.118. The van der Waals surface area contributed by atoms with Crippen molar-refractivity contribution in [3.63, 3.8) is 0 Å². The highest BCUT2D eigenvalue weighted by Gasteiger charge is 2.35. The number of amides is 1. The summed E-state index contributed by atoms with van der Waals surface area (Å²) in [5, 5.41) is 7.19. The summed E-state index contributed by atoms with van der Waals surface area (Å²) < 4.78 is 4.02. The Bertz CT molecular complexity index is 847. The van der Waals surface area contributed by atoms with Crippen molar-refractivity contribution in [2.45, 2.75) is 50.6 Å². The van der Waals surface area contributed by atoms with Crippen LogP contribution in [0.1, 0.15) is 44.1 Å². The van der Waals surface area contributed by atoms with Crippen LogP contribution in [0.15, 0.2) is 61.4 Å². The molecule has 0 bridgehead atoms. The first kappa shape index (κ1) is 17.5. The van der Waals surface area contributed by atoms with Crippen molar-refractivity contribution in [2.75, 3.05) is 5.32 Å². The van der Waals surface area contributed by atoms with Gasteiger partial charge in [-0.05, 0) is 42.7 Å². The van der Waals surface area contributed by atoms with Gasteiger partial charge in [-0.15, -0.1) is 0 Å². The van der Waals surface area contributed by atoms with Gasteiger partial charge in [0, 0.05) is 18.1 Å². The van der Waals surface area contributed by atoms with E-state index in [2.05, 4.69) is 32.4 Å². The third-order valence-electron chi connectivity index (χ3n) is 5.47. The van der Waals surface area contributed by atoms with Gasteiger partial charge in [-0.2, -0.15) is 5.10 Å². The standard InChI is InChI=1S/C21H25N5O/c27-20(14-21(10-2-1-3-11-21)25-12-4-5-13-25)24-19-8-6-18(7-9-19)15-26-17-22-16-23-26/h4-9,12-13,16-17H,1-3,10-11,14-15H2,(H,24,27). The number of aromatic nitrogens is 4. The topological polar surface area (TPSA) is 64.7 Å². The smallest absolute Gasteiger partial charge is 0.226 e. The molecule has 0 radical (unpaired) electrons. The normalized spacial score (nSPS) is 16.1. The molecule has 1 aliphatic carbocycles. The summed E-state index contributed by atoms with van der Waals surface area (Å²) in [4.78, 5) is 16.7. The minimum absolute atomic E-state index is 0.0784. The molecule has 1 saturated carbocycles. The average Bonchev–Trinajstić information content (AvgIpc) is 3.38. The van der Waals surface area contributed by atoms with Crippen LogP contribution in [0.4, 0.5) is 5.69 Å². The van der Waals surface area contributed by atoms with E-state index in [1.165, 1.54) is 25.6 Å². The molecule has 3 aromatic rings. The van der Waals surface area contributed by atoms with Crippen LogP contribution >= 0.6 is 0 Å². The Hall–Kier alpha value is -2.89. The second-order valence-corrected chi connectivity index (χ2v) is 7.39. The van der Waals surface area contributed by atoms with Gasteiger partial charge in [0.05, 0.1) is 18.5 Å². The van der Waals surface area contributed by atoms with E-state index in [9.17, 15) is 4.79 Å². The van der Waals surface area contributed by atoms with E-state index in [0.717, 1.165) is 24.1 Å². The van der Waals surface area contributed by atoms with Crippen LogP contribution in [0.25, 0.3) is 0 Å². The second-order valence-electron chi connectivity index (χ2n) is 7.39. The summed E-state index contributed by atoms with van der Waals surface area (Å²) in [6, 6.07) is 12.0. The summed E-state index contributed by atoms with van der Waals surface area (Å²) in [6.45, 7) is 0.672. The zero-order chi connectivity index (χ0) is 18.5. The Morgan fingerprint density at radius 1 is 1.07 bits per heavy atom. The van der Waals surface area contributed by atoms with Gasteiger partial charge < -0.3 is 9.88 Å². The predicted molar refractivity (Wildman–Crippen MR) is 104 cm³/mol. The molecule has 1 aliphatic rings. The quantitative estimate of drug-likeness (QED) is 0.724. The van der Waals surface area contributed by atoms with Crippen molar-refractivity contribution < 1.29 is 4.79 Å². The van der Waals surface area contributed by atoms with Gasteiger partial charge in [0.15, 0.2) is 0 Å². The molecule has 0 spiro atoms. The summed E-state index contributed by atoms with van der Waals surface area (Å²) in [5.74, 6) is 0.0784. The van der Waals surface area contributed by atoms with Crippen LogP contribution in [-0.4, -0.2) is 25.2 Å². The van der Waals surface area contributed by atoms with Crippen LogP contribution in [0.5, 0.6) is 0 Å². The number of anilines is 1. The zero-order valence-corrected chi connectivity index (χ0v) is 15.4.